The molecule has 1 fully saturated rings. The van der Waals surface area contributed by atoms with E-state index in [0.29, 0.717) is 17.3 Å². The Morgan fingerprint density at radius 2 is 2.09 bits per heavy atom. The van der Waals surface area contributed by atoms with Crippen LogP contribution in [0.2, 0.25) is 0 Å². The van der Waals surface area contributed by atoms with E-state index in [2.05, 4.69) is 15.3 Å². The van der Waals surface area contributed by atoms with Gasteiger partial charge < -0.3 is 14.8 Å². The average molecular weight is 489 g/mol. The molecule has 1 atom stereocenters. The van der Waals surface area contributed by atoms with Crippen molar-refractivity contribution >= 4 is 32.3 Å². The first kappa shape index (κ1) is 23.6. The fourth-order valence-corrected chi connectivity index (χ4v) is 5.93. The number of nitrogens with zero attached hydrogens (tertiary/aromatic N) is 3. The topological polar surface area (TPSA) is 93.7 Å². The minimum absolute atomic E-state index is 0.171. The van der Waals surface area contributed by atoms with Gasteiger partial charge in [-0.1, -0.05) is 26.0 Å². The van der Waals surface area contributed by atoms with Gasteiger partial charge in [-0.25, -0.2) is 18.4 Å². The molecule has 1 aromatic carbocycles. The SMILES string of the molecule is COc1ccc(C(C)C)cc1S(=O)(=O)N1CCOC(c2cccc(Nc3ncc(C)s3)n2)C1. The molecule has 3 heterocycles. The van der Waals surface area contributed by atoms with Gasteiger partial charge in [0.2, 0.25) is 10.0 Å². The second-order valence-corrected chi connectivity index (χ2v) is 11.3. The van der Waals surface area contributed by atoms with E-state index in [0.717, 1.165) is 15.6 Å². The normalized spacial score (nSPS) is 17.3. The van der Waals surface area contributed by atoms with Crippen molar-refractivity contribution in [1.29, 1.82) is 0 Å². The monoisotopic (exact) mass is 488 g/mol. The summed E-state index contributed by atoms with van der Waals surface area (Å²) in [7, 11) is -2.30. The Labute approximate surface area is 198 Å². The Balaban J connectivity index is 1.58. The van der Waals surface area contributed by atoms with Crippen LogP contribution >= 0.6 is 11.3 Å². The van der Waals surface area contributed by atoms with E-state index in [1.807, 2.05) is 45.0 Å². The number of nitrogens with one attached hydrogen (secondary N) is 1. The summed E-state index contributed by atoms with van der Waals surface area (Å²) in [6.07, 6.45) is 1.32. The van der Waals surface area contributed by atoms with Crippen LogP contribution in [0.25, 0.3) is 0 Å². The number of hydrogen-bond acceptors (Lipinski definition) is 8. The molecule has 4 rings (SSSR count). The van der Waals surface area contributed by atoms with E-state index in [1.165, 1.54) is 22.8 Å². The predicted octanol–water partition coefficient (Wildman–Crippen LogP) is 4.48. The maximum Gasteiger partial charge on any atom is 0.246 e. The number of sulfonamides is 1. The third kappa shape index (κ3) is 5.19. The van der Waals surface area contributed by atoms with Crippen molar-refractivity contribution in [1.82, 2.24) is 14.3 Å². The Hall–Kier alpha value is -2.53. The van der Waals surface area contributed by atoms with Crippen molar-refractivity contribution in [3.05, 3.63) is 58.7 Å². The van der Waals surface area contributed by atoms with Crippen LogP contribution in [-0.4, -0.2) is 49.5 Å². The first-order chi connectivity index (χ1) is 15.8. The number of morpholine rings is 1. The Bertz CT molecular complexity index is 1230. The van der Waals surface area contributed by atoms with E-state index in [9.17, 15) is 8.42 Å². The summed E-state index contributed by atoms with van der Waals surface area (Å²) in [5.74, 6) is 1.17. The zero-order chi connectivity index (χ0) is 23.6. The first-order valence-electron chi connectivity index (χ1n) is 10.7. The summed E-state index contributed by atoms with van der Waals surface area (Å²) in [5.41, 5.74) is 1.60. The van der Waals surface area contributed by atoms with Gasteiger partial charge in [0.15, 0.2) is 5.13 Å². The van der Waals surface area contributed by atoms with Gasteiger partial charge in [-0.3, -0.25) is 0 Å². The number of hydrogen-bond donors (Lipinski definition) is 1. The highest BCUT2D eigenvalue weighted by Crippen LogP contribution is 2.33. The lowest BCUT2D eigenvalue weighted by molar-refractivity contribution is -0.00489. The van der Waals surface area contributed by atoms with Crippen molar-refractivity contribution in [2.45, 2.75) is 37.7 Å². The third-order valence-corrected chi connectivity index (χ3v) is 8.17. The molecule has 0 spiro atoms. The smallest absolute Gasteiger partial charge is 0.246 e. The number of thiazole rings is 1. The zero-order valence-electron chi connectivity index (χ0n) is 19.1. The maximum atomic E-state index is 13.6. The minimum atomic E-state index is -3.78. The number of benzene rings is 1. The molecular weight excluding hydrogens is 460 g/mol. The van der Waals surface area contributed by atoms with Crippen molar-refractivity contribution in [3.8, 4) is 5.75 Å². The third-order valence-electron chi connectivity index (χ3n) is 5.46. The summed E-state index contributed by atoms with van der Waals surface area (Å²) < 4.78 is 39.9. The van der Waals surface area contributed by atoms with Gasteiger partial charge in [0.25, 0.3) is 0 Å². The Kier molecular flexibility index (Phi) is 6.99. The molecule has 1 aliphatic heterocycles. The first-order valence-corrected chi connectivity index (χ1v) is 13.0. The number of ether oxygens (including phenoxy) is 2. The molecule has 0 aliphatic carbocycles. The molecule has 1 N–H and O–H groups in total. The molecule has 10 heteroatoms. The molecule has 0 radical (unpaired) electrons. The van der Waals surface area contributed by atoms with Crippen molar-refractivity contribution < 1.29 is 17.9 Å². The zero-order valence-corrected chi connectivity index (χ0v) is 20.7. The molecular formula is C23H28N4O4S2. The van der Waals surface area contributed by atoms with Crippen LogP contribution in [0.15, 0.2) is 47.5 Å². The van der Waals surface area contributed by atoms with Crippen molar-refractivity contribution in [2.24, 2.45) is 0 Å². The highest BCUT2D eigenvalue weighted by Gasteiger charge is 2.34. The second kappa shape index (κ2) is 9.76. The Morgan fingerprint density at radius 1 is 1.27 bits per heavy atom. The van der Waals surface area contributed by atoms with E-state index in [4.69, 9.17) is 9.47 Å². The van der Waals surface area contributed by atoms with Gasteiger partial charge in [0.1, 0.15) is 22.6 Å². The van der Waals surface area contributed by atoms with Gasteiger partial charge in [-0.05, 0) is 42.7 Å². The number of aryl methyl sites for hydroxylation is 1. The largest absolute Gasteiger partial charge is 0.495 e. The molecule has 3 aromatic rings. The number of pyridine rings is 1. The molecule has 0 amide bonds. The van der Waals surface area contributed by atoms with Crippen LogP contribution in [0.4, 0.5) is 10.9 Å². The van der Waals surface area contributed by atoms with Gasteiger partial charge in [-0.15, -0.1) is 11.3 Å². The van der Waals surface area contributed by atoms with E-state index < -0.39 is 16.1 Å². The van der Waals surface area contributed by atoms with E-state index in [1.54, 1.807) is 18.3 Å². The quantitative estimate of drug-likeness (QED) is 0.524. The molecule has 1 saturated heterocycles. The molecule has 33 heavy (non-hydrogen) atoms. The number of methoxy groups -OCH3 is 1. The van der Waals surface area contributed by atoms with Crippen LogP contribution in [-0.2, 0) is 14.8 Å². The molecule has 2 aromatic heterocycles. The summed E-state index contributed by atoms with van der Waals surface area (Å²) in [6.45, 7) is 6.77. The van der Waals surface area contributed by atoms with Crippen LogP contribution < -0.4 is 10.1 Å². The van der Waals surface area contributed by atoms with Crippen LogP contribution in [0.5, 0.6) is 5.75 Å². The summed E-state index contributed by atoms with van der Waals surface area (Å²) >= 11 is 1.54. The highest BCUT2D eigenvalue weighted by atomic mass is 32.2. The lowest BCUT2D eigenvalue weighted by Gasteiger charge is -2.32. The molecule has 0 saturated carbocycles. The molecule has 1 aliphatic rings. The lowest BCUT2D eigenvalue weighted by atomic mass is 10.0. The molecule has 1 unspecified atom stereocenters. The maximum absolute atomic E-state index is 13.6. The lowest BCUT2D eigenvalue weighted by Crippen LogP contribution is -2.42. The predicted molar refractivity (Wildman–Crippen MR) is 129 cm³/mol. The summed E-state index contributed by atoms with van der Waals surface area (Å²) in [6, 6.07) is 10.9. The molecule has 176 valence electrons. The van der Waals surface area contributed by atoms with E-state index in [-0.39, 0.29) is 30.5 Å². The molecule has 0 bridgehead atoms. The van der Waals surface area contributed by atoms with Crippen LogP contribution in [0, 0.1) is 6.92 Å². The van der Waals surface area contributed by atoms with Crippen LogP contribution in [0.3, 0.4) is 0 Å². The van der Waals surface area contributed by atoms with Gasteiger partial charge in [0, 0.05) is 24.2 Å². The average Bonchev–Trinajstić information content (AvgIpc) is 3.23. The van der Waals surface area contributed by atoms with E-state index >= 15 is 0 Å². The van der Waals surface area contributed by atoms with Gasteiger partial charge in [-0.2, -0.15) is 4.31 Å². The number of aromatic nitrogens is 2. The van der Waals surface area contributed by atoms with Gasteiger partial charge in [0.05, 0.1) is 19.4 Å². The number of rotatable bonds is 7. The fraction of sp³-hybridized carbons (Fsp3) is 0.391. The second-order valence-electron chi connectivity index (χ2n) is 8.14. The number of anilines is 2. The summed E-state index contributed by atoms with van der Waals surface area (Å²) in [4.78, 5) is 10.2. The Morgan fingerprint density at radius 3 is 2.79 bits per heavy atom. The minimum Gasteiger partial charge on any atom is -0.495 e. The highest BCUT2D eigenvalue weighted by molar-refractivity contribution is 7.89. The van der Waals surface area contributed by atoms with Crippen LogP contribution in [0.1, 0.15) is 42.0 Å². The summed E-state index contributed by atoms with van der Waals surface area (Å²) in [5, 5.41) is 3.95. The molecule has 8 nitrogen and oxygen atoms in total. The van der Waals surface area contributed by atoms with Crippen molar-refractivity contribution in [2.75, 3.05) is 32.1 Å². The van der Waals surface area contributed by atoms with Crippen molar-refractivity contribution in [3.63, 3.8) is 0 Å². The standard InChI is InChI=1S/C23H28N4O4S2/c1-15(2)17-8-9-19(30-4)21(12-17)33(28,29)27-10-11-31-20(14-27)18-6-5-7-22(25-18)26-23-24-13-16(3)32-23/h5-9,12-13,15,20H,10-11,14H2,1-4H3,(H,24,25,26). The van der Waals surface area contributed by atoms with Gasteiger partial charge >= 0.3 is 0 Å². The fourth-order valence-electron chi connectivity index (χ4n) is 3.64.